The molecule has 1 N–H and O–H groups in total. The van der Waals surface area contributed by atoms with Crippen LogP contribution in [0.15, 0.2) is 67.3 Å². The Morgan fingerprint density at radius 2 is 1.84 bits per heavy atom. The van der Waals surface area contributed by atoms with Gasteiger partial charge in [-0.3, -0.25) is 9.97 Å². The molecule has 3 aromatic heterocycles. The van der Waals surface area contributed by atoms with Crippen LogP contribution in [-0.4, -0.2) is 15.0 Å². The van der Waals surface area contributed by atoms with Gasteiger partial charge in [-0.25, -0.2) is 4.98 Å². The molecule has 92 valence electrons. The first-order valence-corrected chi connectivity index (χ1v) is 5.96. The molecule has 0 unspecified atom stereocenters. The summed E-state index contributed by atoms with van der Waals surface area (Å²) < 4.78 is 0. The van der Waals surface area contributed by atoms with Crippen molar-refractivity contribution in [2.75, 3.05) is 5.32 Å². The molecule has 19 heavy (non-hydrogen) atoms. The second kappa shape index (κ2) is 5.27. The highest BCUT2D eigenvalue weighted by atomic mass is 15.0. The van der Waals surface area contributed by atoms with Crippen LogP contribution in [0.25, 0.3) is 11.3 Å². The van der Waals surface area contributed by atoms with Crippen molar-refractivity contribution in [2.45, 2.75) is 0 Å². The summed E-state index contributed by atoms with van der Waals surface area (Å²) in [5.41, 5.74) is 2.87. The Labute approximate surface area is 111 Å². The van der Waals surface area contributed by atoms with E-state index in [4.69, 9.17) is 0 Å². The molecule has 3 rings (SSSR count). The fourth-order valence-electron chi connectivity index (χ4n) is 1.78. The quantitative estimate of drug-likeness (QED) is 0.772. The first kappa shape index (κ1) is 11.3. The summed E-state index contributed by atoms with van der Waals surface area (Å²) in [6.07, 6.45) is 7.05. The van der Waals surface area contributed by atoms with Crippen LogP contribution in [0.2, 0.25) is 0 Å². The van der Waals surface area contributed by atoms with Crippen molar-refractivity contribution in [2.24, 2.45) is 0 Å². The average molecular weight is 248 g/mol. The van der Waals surface area contributed by atoms with Crippen LogP contribution in [-0.2, 0) is 0 Å². The van der Waals surface area contributed by atoms with Gasteiger partial charge in [-0.15, -0.1) is 0 Å². The lowest BCUT2D eigenvalue weighted by molar-refractivity contribution is 1.26. The molecule has 0 aliphatic carbocycles. The van der Waals surface area contributed by atoms with Crippen molar-refractivity contribution in [3.05, 3.63) is 67.3 Å². The van der Waals surface area contributed by atoms with E-state index in [0.29, 0.717) is 0 Å². The SMILES string of the molecule is c1ccc(-c2ccnc(Nc3cccnc3)c2)nc1. The largest absolute Gasteiger partial charge is 0.339 e. The van der Waals surface area contributed by atoms with Gasteiger partial charge < -0.3 is 5.32 Å². The lowest BCUT2D eigenvalue weighted by atomic mass is 10.2. The molecule has 0 aliphatic heterocycles. The third-order valence-corrected chi connectivity index (χ3v) is 2.65. The number of pyridine rings is 3. The van der Waals surface area contributed by atoms with E-state index in [1.807, 2.05) is 42.5 Å². The topological polar surface area (TPSA) is 50.7 Å². The van der Waals surface area contributed by atoms with Gasteiger partial charge in [0.25, 0.3) is 0 Å². The Hall–Kier alpha value is -2.75. The molecule has 3 aromatic rings. The molecule has 0 spiro atoms. The second-order valence-corrected chi connectivity index (χ2v) is 4.01. The van der Waals surface area contributed by atoms with Crippen LogP contribution >= 0.6 is 0 Å². The Morgan fingerprint density at radius 1 is 0.842 bits per heavy atom. The van der Waals surface area contributed by atoms with Crippen molar-refractivity contribution in [1.82, 2.24) is 15.0 Å². The monoisotopic (exact) mass is 248 g/mol. The first-order valence-electron chi connectivity index (χ1n) is 5.96. The van der Waals surface area contributed by atoms with Gasteiger partial charge in [0.05, 0.1) is 17.6 Å². The van der Waals surface area contributed by atoms with E-state index in [0.717, 1.165) is 22.8 Å². The lowest BCUT2D eigenvalue weighted by Crippen LogP contribution is -1.94. The highest BCUT2D eigenvalue weighted by Gasteiger charge is 2.01. The Balaban J connectivity index is 1.89. The number of hydrogen-bond acceptors (Lipinski definition) is 4. The lowest BCUT2D eigenvalue weighted by Gasteiger charge is -2.06. The summed E-state index contributed by atoms with van der Waals surface area (Å²) in [5.74, 6) is 0.774. The van der Waals surface area contributed by atoms with Crippen LogP contribution < -0.4 is 5.32 Å². The highest BCUT2D eigenvalue weighted by Crippen LogP contribution is 2.20. The standard InChI is InChI=1S/C15H12N4/c1-2-8-17-14(5-1)12-6-9-18-15(10-12)19-13-4-3-7-16-11-13/h1-11H,(H,18,19). The smallest absolute Gasteiger partial charge is 0.130 e. The molecule has 0 amide bonds. The van der Waals surface area contributed by atoms with Crippen molar-refractivity contribution in [1.29, 1.82) is 0 Å². The molecule has 4 nitrogen and oxygen atoms in total. The van der Waals surface area contributed by atoms with E-state index in [9.17, 15) is 0 Å². The molecule has 0 bridgehead atoms. The number of nitrogens with zero attached hydrogens (tertiary/aromatic N) is 3. The van der Waals surface area contributed by atoms with Gasteiger partial charge in [0.1, 0.15) is 5.82 Å². The Kier molecular flexibility index (Phi) is 3.14. The maximum atomic E-state index is 4.33. The van der Waals surface area contributed by atoms with Gasteiger partial charge in [0, 0.05) is 24.2 Å². The summed E-state index contributed by atoms with van der Waals surface area (Å²) in [4.78, 5) is 12.7. The minimum atomic E-state index is 0.774. The first-order chi connectivity index (χ1) is 9.42. The van der Waals surface area contributed by atoms with Gasteiger partial charge >= 0.3 is 0 Å². The predicted molar refractivity (Wildman–Crippen MR) is 75.0 cm³/mol. The van der Waals surface area contributed by atoms with Crippen LogP contribution in [0.1, 0.15) is 0 Å². The Bertz CT molecular complexity index is 653. The summed E-state index contributed by atoms with van der Waals surface area (Å²) in [6, 6.07) is 13.6. The highest BCUT2D eigenvalue weighted by molar-refractivity contribution is 5.65. The maximum absolute atomic E-state index is 4.33. The molecule has 4 heteroatoms. The molecule has 3 heterocycles. The molecule has 0 aromatic carbocycles. The minimum absolute atomic E-state index is 0.774. The zero-order chi connectivity index (χ0) is 12.9. The van der Waals surface area contributed by atoms with Gasteiger partial charge in [-0.1, -0.05) is 6.07 Å². The third kappa shape index (κ3) is 2.74. The molecule has 0 saturated carbocycles. The molecule has 0 radical (unpaired) electrons. The maximum Gasteiger partial charge on any atom is 0.130 e. The van der Waals surface area contributed by atoms with Gasteiger partial charge in [0.2, 0.25) is 0 Å². The fraction of sp³-hybridized carbons (Fsp3) is 0. The van der Waals surface area contributed by atoms with Crippen molar-refractivity contribution < 1.29 is 0 Å². The molecule has 0 fully saturated rings. The molecule has 0 aliphatic rings. The molecular weight excluding hydrogens is 236 g/mol. The Morgan fingerprint density at radius 3 is 2.63 bits per heavy atom. The normalized spacial score (nSPS) is 10.1. The average Bonchev–Trinajstić information content (AvgIpc) is 2.49. The van der Waals surface area contributed by atoms with E-state index < -0.39 is 0 Å². The van der Waals surface area contributed by atoms with Crippen molar-refractivity contribution in [3.63, 3.8) is 0 Å². The fourth-order valence-corrected chi connectivity index (χ4v) is 1.78. The molecule has 0 saturated heterocycles. The summed E-state index contributed by atoms with van der Waals surface area (Å²) in [7, 11) is 0. The van der Waals surface area contributed by atoms with E-state index in [1.165, 1.54) is 0 Å². The summed E-state index contributed by atoms with van der Waals surface area (Å²) in [6.45, 7) is 0. The molecular formula is C15H12N4. The summed E-state index contributed by atoms with van der Waals surface area (Å²) >= 11 is 0. The van der Waals surface area contributed by atoms with E-state index in [2.05, 4.69) is 20.3 Å². The zero-order valence-corrected chi connectivity index (χ0v) is 10.2. The van der Waals surface area contributed by atoms with Gasteiger partial charge in [-0.05, 0) is 36.4 Å². The zero-order valence-electron chi connectivity index (χ0n) is 10.2. The van der Waals surface area contributed by atoms with Crippen molar-refractivity contribution >= 4 is 11.5 Å². The van der Waals surface area contributed by atoms with E-state index in [-0.39, 0.29) is 0 Å². The second-order valence-electron chi connectivity index (χ2n) is 4.01. The van der Waals surface area contributed by atoms with Crippen molar-refractivity contribution in [3.8, 4) is 11.3 Å². The number of nitrogens with one attached hydrogen (secondary N) is 1. The number of rotatable bonds is 3. The van der Waals surface area contributed by atoms with Crippen LogP contribution in [0.4, 0.5) is 11.5 Å². The van der Waals surface area contributed by atoms with E-state index >= 15 is 0 Å². The van der Waals surface area contributed by atoms with E-state index in [1.54, 1.807) is 24.8 Å². The van der Waals surface area contributed by atoms with Crippen LogP contribution in [0.5, 0.6) is 0 Å². The molecule has 0 atom stereocenters. The van der Waals surface area contributed by atoms with Crippen LogP contribution in [0.3, 0.4) is 0 Å². The van der Waals surface area contributed by atoms with Crippen LogP contribution in [0, 0.1) is 0 Å². The van der Waals surface area contributed by atoms with Gasteiger partial charge in [-0.2, -0.15) is 0 Å². The minimum Gasteiger partial charge on any atom is -0.339 e. The number of aromatic nitrogens is 3. The number of anilines is 2. The number of hydrogen-bond donors (Lipinski definition) is 1. The summed E-state index contributed by atoms with van der Waals surface area (Å²) in [5, 5.41) is 3.21. The third-order valence-electron chi connectivity index (χ3n) is 2.65. The van der Waals surface area contributed by atoms with Gasteiger partial charge in [0.15, 0.2) is 0 Å². The predicted octanol–water partition coefficient (Wildman–Crippen LogP) is 3.28.